The predicted molar refractivity (Wildman–Crippen MR) is 80.2 cm³/mol. The van der Waals surface area contributed by atoms with Gasteiger partial charge in [0.2, 0.25) is 0 Å². The van der Waals surface area contributed by atoms with Gasteiger partial charge in [-0.25, -0.2) is 0 Å². The summed E-state index contributed by atoms with van der Waals surface area (Å²) >= 11 is 0. The van der Waals surface area contributed by atoms with Crippen molar-refractivity contribution < 1.29 is 22.5 Å². The number of rotatable bonds is 6. The second-order valence-electron chi connectivity index (χ2n) is 5.18. The van der Waals surface area contributed by atoms with Gasteiger partial charge in [-0.2, -0.15) is 8.42 Å². The molecule has 1 aromatic carbocycles. The fraction of sp³-hybridized carbons (Fsp3) is 0.533. The molecule has 6 heteroatoms. The van der Waals surface area contributed by atoms with Gasteiger partial charge in [-0.15, -0.1) is 0 Å². The first-order chi connectivity index (χ1) is 9.68. The summed E-state index contributed by atoms with van der Waals surface area (Å²) in [4.78, 5) is 11.5. The van der Waals surface area contributed by atoms with E-state index in [0.29, 0.717) is 17.5 Å². The Kier molecular flexibility index (Phi) is 5.92. The molecule has 0 fully saturated rings. The number of carbonyl (C=O) groups excluding carboxylic acids is 1. The van der Waals surface area contributed by atoms with Gasteiger partial charge >= 0.3 is 5.97 Å². The van der Waals surface area contributed by atoms with Gasteiger partial charge in [-0.3, -0.25) is 9.35 Å². The molecule has 0 heterocycles. The van der Waals surface area contributed by atoms with Crippen LogP contribution in [-0.4, -0.2) is 18.9 Å². The van der Waals surface area contributed by atoms with E-state index in [1.807, 2.05) is 13.8 Å². The quantitative estimate of drug-likeness (QED) is 0.377. The van der Waals surface area contributed by atoms with Gasteiger partial charge in [-0.1, -0.05) is 19.8 Å². The lowest BCUT2D eigenvalue weighted by molar-refractivity contribution is -0.134. The highest BCUT2D eigenvalue weighted by Crippen LogP contribution is 2.32. The number of hydrogen-bond donors (Lipinski definition) is 1. The highest BCUT2D eigenvalue weighted by Gasteiger charge is 2.23. The van der Waals surface area contributed by atoms with E-state index >= 15 is 0 Å². The molecule has 1 aromatic rings. The van der Waals surface area contributed by atoms with E-state index in [1.165, 1.54) is 6.07 Å². The molecule has 0 saturated heterocycles. The molecule has 0 unspecified atom stereocenters. The van der Waals surface area contributed by atoms with Crippen molar-refractivity contribution in [1.29, 1.82) is 0 Å². The van der Waals surface area contributed by atoms with Crippen LogP contribution in [0.2, 0.25) is 0 Å². The predicted octanol–water partition coefficient (Wildman–Crippen LogP) is 3.34. The van der Waals surface area contributed by atoms with Crippen molar-refractivity contribution in [3.63, 3.8) is 0 Å². The zero-order chi connectivity index (χ0) is 16.2. The van der Waals surface area contributed by atoms with Crippen LogP contribution in [0.5, 0.6) is 5.75 Å². The van der Waals surface area contributed by atoms with Crippen molar-refractivity contribution in [1.82, 2.24) is 0 Å². The van der Waals surface area contributed by atoms with Crippen molar-refractivity contribution in [2.45, 2.75) is 58.3 Å². The third kappa shape index (κ3) is 4.54. The molecule has 0 bridgehead atoms. The molecule has 0 saturated carbocycles. The van der Waals surface area contributed by atoms with Gasteiger partial charge in [0.05, 0.1) is 0 Å². The number of aryl methyl sites for hydroxylation is 1. The zero-order valence-corrected chi connectivity index (χ0v) is 13.7. The first-order valence-corrected chi connectivity index (χ1v) is 8.41. The molecule has 5 nitrogen and oxygen atoms in total. The van der Waals surface area contributed by atoms with Crippen LogP contribution >= 0.6 is 0 Å². The molecule has 0 radical (unpaired) electrons. The van der Waals surface area contributed by atoms with Crippen LogP contribution < -0.4 is 4.74 Å². The maximum absolute atomic E-state index is 11.8. The van der Waals surface area contributed by atoms with Crippen LogP contribution in [0, 0.1) is 20.8 Å². The molecule has 1 rings (SSSR count). The highest BCUT2D eigenvalue weighted by molar-refractivity contribution is 7.86. The summed E-state index contributed by atoms with van der Waals surface area (Å²) in [5.74, 6) is -0.554. The standard InChI is InChI=1S/C15H22O5S/c1-5-6-7-8-14(16)20-15-12(4)11(3)10(2)9-13(15)21(17,18)19/h9H,5-8H2,1-4H3,(H,17,18,19). The molecule has 0 aliphatic carbocycles. The van der Waals surface area contributed by atoms with E-state index in [1.54, 1.807) is 13.8 Å². The van der Waals surface area contributed by atoms with Gasteiger partial charge in [0.1, 0.15) is 4.90 Å². The summed E-state index contributed by atoms with van der Waals surface area (Å²) in [7, 11) is -4.44. The topological polar surface area (TPSA) is 80.7 Å². The molecule has 0 atom stereocenters. The van der Waals surface area contributed by atoms with Gasteiger partial charge in [0, 0.05) is 6.42 Å². The fourth-order valence-corrected chi connectivity index (χ4v) is 2.78. The first kappa shape index (κ1) is 17.7. The van der Waals surface area contributed by atoms with Gasteiger partial charge in [0.25, 0.3) is 10.1 Å². The van der Waals surface area contributed by atoms with Crippen molar-refractivity contribution in [2.24, 2.45) is 0 Å². The monoisotopic (exact) mass is 314 g/mol. The summed E-state index contributed by atoms with van der Waals surface area (Å²) in [6, 6.07) is 1.33. The molecule has 0 aliphatic heterocycles. The third-order valence-electron chi connectivity index (χ3n) is 3.54. The summed E-state index contributed by atoms with van der Waals surface area (Å²) in [6.07, 6.45) is 2.81. The lowest BCUT2D eigenvalue weighted by Gasteiger charge is -2.15. The van der Waals surface area contributed by atoms with Crippen LogP contribution in [0.4, 0.5) is 0 Å². The Labute approximate surface area is 126 Å². The second kappa shape index (κ2) is 7.04. The Morgan fingerprint density at radius 1 is 1.19 bits per heavy atom. The number of carbonyl (C=O) groups is 1. The summed E-state index contributed by atoms with van der Waals surface area (Å²) < 4.78 is 37.5. The van der Waals surface area contributed by atoms with E-state index in [9.17, 15) is 17.8 Å². The Morgan fingerprint density at radius 2 is 1.81 bits per heavy atom. The summed E-state index contributed by atoms with van der Waals surface area (Å²) in [5, 5.41) is 0. The number of hydrogen-bond acceptors (Lipinski definition) is 4. The maximum atomic E-state index is 11.8. The minimum absolute atomic E-state index is 0.0675. The Bertz CT molecular complexity index is 632. The van der Waals surface area contributed by atoms with Crippen molar-refractivity contribution in [2.75, 3.05) is 0 Å². The third-order valence-corrected chi connectivity index (χ3v) is 4.40. The lowest BCUT2D eigenvalue weighted by Crippen LogP contribution is -2.13. The van der Waals surface area contributed by atoms with E-state index in [2.05, 4.69) is 0 Å². The number of esters is 1. The van der Waals surface area contributed by atoms with Gasteiger partial charge in [0.15, 0.2) is 5.75 Å². The molecular weight excluding hydrogens is 292 g/mol. The van der Waals surface area contributed by atoms with Crippen LogP contribution in [-0.2, 0) is 14.9 Å². The molecule has 1 N–H and O–H groups in total. The Morgan fingerprint density at radius 3 is 2.33 bits per heavy atom. The van der Waals surface area contributed by atoms with Crippen LogP contribution in [0.3, 0.4) is 0 Å². The molecular formula is C15H22O5S. The van der Waals surface area contributed by atoms with Crippen molar-refractivity contribution in [3.05, 3.63) is 22.8 Å². The fourth-order valence-electron chi connectivity index (χ4n) is 2.02. The van der Waals surface area contributed by atoms with Gasteiger partial charge in [-0.05, 0) is 49.9 Å². The Hall–Kier alpha value is -1.40. The van der Waals surface area contributed by atoms with Crippen LogP contribution in [0.15, 0.2) is 11.0 Å². The molecule has 0 aromatic heterocycles. The van der Waals surface area contributed by atoms with Crippen LogP contribution in [0.1, 0.15) is 49.3 Å². The summed E-state index contributed by atoms with van der Waals surface area (Å²) in [6.45, 7) is 7.25. The molecule has 0 aliphatic rings. The lowest BCUT2D eigenvalue weighted by atomic mass is 10.0. The van der Waals surface area contributed by atoms with Gasteiger partial charge < -0.3 is 4.74 Å². The zero-order valence-electron chi connectivity index (χ0n) is 12.9. The SMILES string of the molecule is CCCCCC(=O)Oc1c(S(=O)(=O)O)cc(C)c(C)c1C. The van der Waals surface area contributed by atoms with E-state index in [4.69, 9.17) is 4.74 Å². The minimum atomic E-state index is -4.44. The van der Waals surface area contributed by atoms with Crippen molar-refractivity contribution >= 4 is 16.1 Å². The highest BCUT2D eigenvalue weighted by atomic mass is 32.2. The van der Waals surface area contributed by atoms with Crippen LogP contribution in [0.25, 0.3) is 0 Å². The molecule has 0 spiro atoms. The van der Waals surface area contributed by atoms with E-state index < -0.39 is 16.1 Å². The number of benzene rings is 1. The molecule has 118 valence electrons. The average molecular weight is 314 g/mol. The number of ether oxygens (including phenoxy) is 1. The maximum Gasteiger partial charge on any atom is 0.311 e. The molecule has 0 amide bonds. The largest absolute Gasteiger partial charge is 0.425 e. The van der Waals surface area contributed by atoms with E-state index in [-0.39, 0.29) is 17.1 Å². The number of unbranched alkanes of at least 4 members (excludes halogenated alkanes) is 2. The smallest absolute Gasteiger partial charge is 0.311 e. The Balaban J connectivity index is 3.16. The molecule has 21 heavy (non-hydrogen) atoms. The normalized spacial score (nSPS) is 11.5. The van der Waals surface area contributed by atoms with E-state index in [0.717, 1.165) is 18.4 Å². The van der Waals surface area contributed by atoms with Crippen molar-refractivity contribution in [3.8, 4) is 5.75 Å². The average Bonchev–Trinajstić information content (AvgIpc) is 2.38. The first-order valence-electron chi connectivity index (χ1n) is 6.97. The second-order valence-corrected chi connectivity index (χ2v) is 6.57. The minimum Gasteiger partial charge on any atom is -0.425 e. The summed E-state index contributed by atoms with van der Waals surface area (Å²) in [5.41, 5.74) is 2.09.